The maximum atomic E-state index is 12.3. The van der Waals surface area contributed by atoms with Crippen molar-refractivity contribution in [3.63, 3.8) is 0 Å². The van der Waals surface area contributed by atoms with Crippen LogP contribution >= 0.6 is 0 Å². The molecule has 0 bridgehead atoms. The van der Waals surface area contributed by atoms with Crippen molar-refractivity contribution in [3.05, 3.63) is 27.9 Å². The number of pyridine rings is 1. The minimum absolute atomic E-state index is 0.00468. The lowest BCUT2D eigenvalue weighted by Crippen LogP contribution is -2.39. The molecule has 114 valence electrons. The number of nitrogens with one attached hydrogen (secondary N) is 2. The Bertz CT molecular complexity index is 549. The molecule has 0 aromatic carbocycles. The lowest BCUT2D eigenvalue weighted by Gasteiger charge is -2.16. The molecule has 2 N–H and O–H groups in total. The second-order valence-corrected chi connectivity index (χ2v) is 4.82. The molecule has 2 unspecified atom stereocenters. The van der Waals surface area contributed by atoms with Crippen molar-refractivity contribution in [2.75, 3.05) is 18.5 Å². The molecule has 1 aliphatic heterocycles. The van der Waals surface area contributed by atoms with E-state index in [1.807, 2.05) is 13.8 Å². The average molecular weight is 294 g/mol. The molecule has 1 aromatic heterocycles. The van der Waals surface area contributed by atoms with Crippen molar-refractivity contribution < 1.29 is 14.5 Å². The first kappa shape index (κ1) is 15.2. The van der Waals surface area contributed by atoms with Crippen molar-refractivity contribution in [1.29, 1.82) is 0 Å². The van der Waals surface area contributed by atoms with Crippen molar-refractivity contribution in [3.8, 4) is 0 Å². The summed E-state index contributed by atoms with van der Waals surface area (Å²) in [5.41, 5.74) is -0.300. The molecule has 0 aliphatic carbocycles. The van der Waals surface area contributed by atoms with Gasteiger partial charge in [0, 0.05) is 19.2 Å². The summed E-state index contributed by atoms with van der Waals surface area (Å²) in [4.78, 5) is 26.7. The highest BCUT2D eigenvalue weighted by Crippen LogP contribution is 2.21. The van der Waals surface area contributed by atoms with Crippen LogP contribution in [0.4, 0.5) is 11.5 Å². The van der Waals surface area contributed by atoms with Gasteiger partial charge in [0.1, 0.15) is 17.6 Å². The Morgan fingerprint density at radius 1 is 1.62 bits per heavy atom. The molecule has 21 heavy (non-hydrogen) atoms. The molecular weight excluding hydrogens is 276 g/mol. The summed E-state index contributed by atoms with van der Waals surface area (Å²) < 4.78 is 5.37. The van der Waals surface area contributed by atoms with Crippen LogP contribution in [-0.2, 0) is 4.74 Å². The molecule has 0 spiro atoms. The van der Waals surface area contributed by atoms with Gasteiger partial charge in [0.25, 0.3) is 11.6 Å². The third-order valence-electron chi connectivity index (χ3n) is 3.37. The second kappa shape index (κ2) is 6.49. The third kappa shape index (κ3) is 3.46. The monoisotopic (exact) mass is 294 g/mol. The van der Waals surface area contributed by atoms with Gasteiger partial charge in [0.15, 0.2) is 0 Å². The second-order valence-electron chi connectivity index (χ2n) is 4.82. The van der Waals surface area contributed by atoms with Gasteiger partial charge in [-0.2, -0.15) is 0 Å². The highest BCUT2D eigenvalue weighted by atomic mass is 16.6. The number of rotatable bonds is 5. The molecule has 0 radical (unpaired) electrons. The van der Waals surface area contributed by atoms with Crippen LogP contribution in [0.15, 0.2) is 12.3 Å². The SMILES string of the molecule is CCNc1cc(C(=O)NC2CCOC2C)c([N+](=O)[O-])cn1. The largest absolute Gasteiger partial charge is 0.376 e. The molecule has 8 heteroatoms. The van der Waals surface area contributed by atoms with E-state index in [0.29, 0.717) is 25.4 Å². The molecule has 1 fully saturated rings. The zero-order valence-corrected chi connectivity index (χ0v) is 12.0. The van der Waals surface area contributed by atoms with Crippen LogP contribution in [0, 0.1) is 10.1 Å². The van der Waals surface area contributed by atoms with Crippen LogP contribution < -0.4 is 10.6 Å². The Kier molecular flexibility index (Phi) is 4.69. The Balaban J connectivity index is 2.24. The molecular formula is C13H18N4O4. The maximum Gasteiger partial charge on any atom is 0.300 e. The number of carbonyl (C=O) groups excluding carboxylic acids is 1. The summed E-state index contributed by atoms with van der Waals surface area (Å²) in [5.74, 6) is -0.0467. The molecule has 0 saturated carbocycles. The molecule has 2 heterocycles. The Labute approximate surface area is 122 Å². The first-order valence-corrected chi connectivity index (χ1v) is 6.83. The summed E-state index contributed by atoms with van der Waals surface area (Å²) in [6.45, 7) is 4.93. The van der Waals surface area contributed by atoms with E-state index in [9.17, 15) is 14.9 Å². The summed E-state index contributed by atoms with van der Waals surface area (Å²) in [7, 11) is 0. The van der Waals surface area contributed by atoms with Crippen LogP contribution in [0.2, 0.25) is 0 Å². The lowest BCUT2D eigenvalue weighted by molar-refractivity contribution is -0.385. The van der Waals surface area contributed by atoms with Crippen LogP contribution in [0.3, 0.4) is 0 Å². The van der Waals surface area contributed by atoms with Gasteiger partial charge in [-0.25, -0.2) is 4.98 Å². The minimum atomic E-state index is -0.605. The normalized spacial score (nSPS) is 21.0. The number of nitrogens with zero attached hydrogens (tertiary/aromatic N) is 2. The van der Waals surface area contributed by atoms with E-state index in [-0.39, 0.29) is 23.4 Å². The molecule has 1 saturated heterocycles. The van der Waals surface area contributed by atoms with Crippen molar-refractivity contribution >= 4 is 17.4 Å². The van der Waals surface area contributed by atoms with E-state index in [0.717, 1.165) is 6.20 Å². The molecule has 2 rings (SSSR count). The van der Waals surface area contributed by atoms with Crippen LogP contribution in [0.25, 0.3) is 0 Å². The number of carbonyl (C=O) groups is 1. The fraction of sp³-hybridized carbons (Fsp3) is 0.538. The number of amides is 1. The predicted octanol–water partition coefficient (Wildman–Crippen LogP) is 1.33. The molecule has 2 atom stereocenters. The molecule has 1 aromatic rings. The van der Waals surface area contributed by atoms with E-state index in [1.54, 1.807) is 0 Å². The lowest BCUT2D eigenvalue weighted by atomic mass is 10.1. The summed E-state index contributed by atoms with van der Waals surface area (Å²) >= 11 is 0. The zero-order valence-electron chi connectivity index (χ0n) is 12.0. The standard InChI is InChI=1S/C13H18N4O4/c1-3-14-12-6-9(11(7-15-12)17(19)20)13(18)16-10-4-5-21-8(10)2/h6-8,10H,3-5H2,1-2H3,(H,14,15)(H,16,18). The van der Waals surface area contributed by atoms with Crippen molar-refractivity contribution in [2.45, 2.75) is 32.4 Å². The van der Waals surface area contributed by atoms with Crippen molar-refractivity contribution in [2.24, 2.45) is 0 Å². The fourth-order valence-electron chi connectivity index (χ4n) is 2.22. The predicted molar refractivity (Wildman–Crippen MR) is 76.3 cm³/mol. The molecule has 8 nitrogen and oxygen atoms in total. The topological polar surface area (TPSA) is 106 Å². The van der Waals surface area contributed by atoms with E-state index in [4.69, 9.17) is 4.74 Å². The Morgan fingerprint density at radius 3 is 2.95 bits per heavy atom. The number of aromatic nitrogens is 1. The van der Waals surface area contributed by atoms with Crippen LogP contribution in [0.1, 0.15) is 30.6 Å². The van der Waals surface area contributed by atoms with Gasteiger partial charge in [-0.1, -0.05) is 0 Å². The highest BCUT2D eigenvalue weighted by Gasteiger charge is 2.29. The highest BCUT2D eigenvalue weighted by molar-refractivity contribution is 5.98. The van der Waals surface area contributed by atoms with Gasteiger partial charge in [0.2, 0.25) is 0 Å². The van der Waals surface area contributed by atoms with Gasteiger partial charge in [-0.15, -0.1) is 0 Å². The average Bonchev–Trinajstić information content (AvgIpc) is 2.84. The first-order chi connectivity index (χ1) is 10.0. The number of anilines is 1. The summed E-state index contributed by atoms with van der Waals surface area (Å²) in [5, 5.41) is 16.8. The minimum Gasteiger partial charge on any atom is -0.376 e. The molecule has 1 amide bonds. The maximum absolute atomic E-state index is 12.3. The van der Waals surface area contributed by atoms with E-state index >= 15 is 0 Å². The van der Waals surface area contributed by atoms with Gasteiger partial charge in [-0.3, -0.25) is 14.9 Å². The van der Waals surface area contributed by atoms with Crippen LogP contribution in [0.5, 0.6) is 0 Å². The quantitative estimate of drug-likeness (QED) is 0.626. The van der Waals surface area contributed by atoms with Gasteiger partial charge in [-0.05, 0) is 20.3 Å². The number of hydrogen-bond acceptors (Lipinski definition) is 6. The fourth-order valence-corrected chi connectivity index (χ4v) is 2.22. The smallest absolute Gasteiger partial charge is 0.300 e. The van der Waals surface area contributed by atoms with Gasteiger partial charge < -0.3 is 15.4 Å². The number of nitro groups is 1. The molecule has 1 aliphatic rings. The number of hydrogen-bond donors (Lipinski definition) is 2. The Morgan fingerprint density at radius 2 is 2.38 bits per heavy atom. The zero-order chi connectivity index (χ0) is 15.4. The van der Waals surface area contributed by atoms with Crippen LogP contribution in [-0.4, -0.2) is 41.1 Å². The van der Waals surface area contributed by atoms with Gasteiger partial charge in [0.05, 0.1) is 17.1 Å². The Hall–Kier alpha value is -2.22. The summed E-state index contributed by atoms with van der Waals surface area (Å²) in [6.07, 6.45) is 1.70. The van der Waals surface area contributed by atoms with Crippen molar-refractivity contribution in [1.82, 2.24) is 10.3 Å². The van der Waals surface area contributed by atoms with Gasteiger partial charge >= 0.3 is 0 Å². The summed E-state index contributed by atoms with van der Waals surface area (Å²) in [6, 6.07) is 1.27. The van der Waals surface area contributed by atoms with E-state index in [2.05, 4.69) is 15.6 Å². The number of ether oxygens (including phenoxy) is 1. The van der Waals surface area contributed by atoms with E-state index < -0.39 is 10.8 Å². The third-order valence-corrected chi connectivity index (χ3v) is 3.37. The first-order valence-electron chi connectivity index (χ1n) is 6.83. The van der Waals surface area contributed by atoms with E-state index in [1.165, 1.54) is 6.07 Å².